The Morgan fingerprint density at radius 3 is 2.76 bits per heavy atom. The molecule has 6 heteroatoms. The highest BCUT2D eigenvalue weighted by Gasteiger charge is 2.15. The predicted molar refractivity (Wildman–Crippen MR) is 77.3 cm³/mol. The molecule has 1 aromatic carbocycles. The van der Waals surface area contributed by atoms with Crippen LogP contribution >= 0.6 is 0 Å². The van der Waals surface area contributed by atoms with Crippen LogP contribution in [0, 0.1) is 11.6 Å². The van der Waals surface area contributed by atoms with Gasteiger partial charge in [0.25, 0.3) is 5.91 Å². The third-order valence-corrected chi connectivity index (χ3v) is 2.76. The summed E-state index contributed by atoms with van der Waals surface area (Å²) in [5.74, 6) is -1.54. The number of nitrogens with one attached hydrogen (secondary N) is 2. The monoisotopic (exact) mass is 291 g/mol. The smallest absolute Gasteiger partial charge is 0.259 e. The van der Waals surface area contributed by atoms with E-state index in [2.05, 4.69) is 15.6 Å². The highest BCUT2D eigenvalue weighted by Crippen LogP contribution is 2.18. The van der Waals surface area contributed by atoms with Crippen molar-refractivity contribution in [2.45, 2.75) is 13.3 Å². The number of nitrogens with zero attached hydrogens (tertiary/aromatic N) is 1. The van der Waals surface area contributed by atoms with Gasteiger partial charge in [-0.2, -0.15) is 0 Å². The van der Waals surface area contributed by atoms with Crippen LogP contribution in [0.2, 0.25) is 0 Å². The van der Waals surface area contributed by atoms with Crippen LogP contribution in [0.5, 0.6) is 0 Å². The number of anilines is 2. The van der Waals surface area contributed by atoms with Crippen molar-refractivity contribution in [2.24, 2.45) is 0 Å². The number of aromatic nitrogens is 1. The fourth-order valence-corrected chi connectivity index (χ4v) is 1.75. The van der Waals surface area contributed by atoms with Crippen LogP contribution < -0.4 is 10.6 Å². The van der Waals surface area contributed by atoms with E-state index in [1.807, 2.05) is 6.92 Å². The molecule has 0 fully saturated rings. The summed E-state index contributed by atoms with van der Waals surface area (Å²) in [6, 6.07) is 6.84. The van der Waals surface area contributed by atoms with Crippen molar-refractivity contribution in [1.82, 2.24) is 4.98 Å². The number of rotatable bonds is 5. The highest BCUT2D eigenvalue weighted by atomic mass is 19.1. The molecule has 0 bridgehead atoms. The van der Waals surface area contributed by atoms with Crippen molar-refractivity contribution in [1.29, 1.82) is 0 Å². The number of hydrogen-bond donors (Lipinski definition) is 2. The average Bonchev–Trinajstić information content (AvgIpc) is 2.48. The summed E-state index contributed by atoms with van der Waals surface area (Å²) >= 11 is 0. The summed E-state index contributed by atoms with van der Waals surface area (Å²) in [7, 11) is 0. The van der Waals surface area contributed by atoms with Gasteiger partial charge in [0.15, 0.2) is 0 Å². The number of carbonyl (C=O) groups excluding carboxylic acids is 1. The summed E-state index contributed by atoms with van der Waals surface area (Å²) in [5, 5.41) is 5.35. The first-order valence-electron chi connectivity index (χ1n) is 6.57. The molecule has 4 nitrogen and oxygen atoms in total. The van der Waals surface area contributed by atoms with Crippen LogP contribution in [0.15, 0.2) is 36.5 Å². The molecule has 2 aromatic rings. The minimum atomic E-state index is -0.629. The quantitative estimate of drug-likeness (QED) is 0.887. The summed E-state index contributed by atoms with van der Waals surface area (Å²) in [5.41, 5.74) is 0.0694. The second-order valence-electron chi connectivity index (χ2n) is 4.41. The lowest BCUT2D eigenvalue weighted by Crippen LogP contribution is -2.17. The molecule has 0 atom stereocenters. The van der Waals surface area contributed by atoms with Gasteiger partial charge >= 0.3 is 0 Å². The van der Waals surface area contributed by atoms with E-state index >= 15 is 0 Å². The van der Waals surface area contributed by atoms with Gasteiger partial charge in [-0.25, -0.2) is 13.8 Å². The van der Waals surface area contributed by atoms with E-state index in [1.54, 1.807) is 6.07 Å². The molecule has 0 saturated heterocycles. The first kappa shape index (κ1) is 14.9. The summed E-state index contributed by atoms with van der Waals surface area (Å²) in [4.78, 5) is 16.0. The maximum Gasteiger partial charge on any atom is 0.259 e. The topological polar surface area (TPSA) is 54.0 Å². The fourth-order valence-electron chi connectivity index (χ4n) is 1.75. The number of benzene rings is 1. The zero-order valence-corrected chi connectivity index (χ0v) is 11.5. The van der Waals surface area contributed by atoms with Gasteiger partial charge in [0.1, 0.15) is 17.5 Å². The number of para-hydroxylation sites is 1. The molecule has 0 saturated carbocycles. The molecule has 2 N–H and O–H groups in total. The fraction of sp³-hybridized carbons (Fsp3) is 0.200. The molecule has 0 unspecified atom stereocenters. The molecular weight excluding hydrogens is 276 g/mol. The number of carbonyl (C=O) groups is 1. The van der Waals surface area contributed by atoms with E-state index in [1.165, 1.54) is 18.2 Å². The standard InChI is InChI=1S/C15H15F2N3O/c1-2-7-18-14-11(8-10(16)9-19-14)15(21)20-13-6-4-3-5-12(13)17/h3-6,8-9H,2,7H2,1H3,(H,18,19)(H,20,21). The molecule has 0 radical (unpaired) electrons. The van der Waals surface area contributed by atoms with Crippen molar-refractivity contribution in [3.63, 3.8) is 0 Å². The largest absolute Gasteiger partial charge is 0.369 e. The molecule has 0 aliphatic carbocycles. The van der Waals surface area contributed by atoms with E-state index in [0.717, 1.165) is 18.7 Å². The Balaban J connectivity index is 2.25. The minimum Gasteiger partial charge on any atom is -0.369 e. The Bertz CT molecular complexity index is 647. The third kappa shape index (κ3) is 3.75. The van der Waals surface area contributed by atoms with Gasteiger partial charge in [0.2, 0.25) is 0 Å². The Morgan fingerprint density at radius 1 is 1.29 bits per heavy atom. The average molecular weight is 291 g/mol. The van der Waals surface area contributed by atoms with Crippen molar-refractivity contribution in [3.05, 3.63) is 53.7 Å². The lowest BCUT2D eigenvalue weighted by molar-refractivity contribution is 0.102. The molecule has 110 valence electrons. The van der Waals surface area contributed by atoms with E-state index in [4.69, 9.17) is 0 Å². The van der Waals surface area contributed by atoms with Crippen molar-refractivity contribution in [2.75, 3.05) is 17.2 Å². The Kier molecular flexibility index (Phi) is 4.81. The van der Waals surface area contributed by atoms with Crippen LogP contribution in [-0.2, 0) is 0 Å². The Morgan fingerprint density at radius 2 is 2.05 bits per heavy atom. The first-order chi connectivity index (χ1) is 10.1. The molecule has 1 aromatic heterocycles. The molecule has 0 spiro atoms. The van der Waals surface area contributed by atoms with Gasteiger partial charge in [0.05, 0.1) is 17.4 Å². The Hall–Kier alpha value is -2.50. The Labute approximate surface area is 121 Å². The lowest BCUT2D eigenvalue weighted by Gasteiger charge is -2.11. The number of halogens is 2. The van der Waals surface area contributed by atoms with Crippen LogP contribution in [0.1, 0.15) is 23.7 Å². The normalized spacial score (nSPS) is 10.2. The van der Waals surface area contributed by atoms with Gasteiger partial charge in [-0.15, -0.1) is 0 Å². The van der Waals surface area contributed by atoms with Crippen molar-refractivity contribution in [3.8, 4) is 0 Å². The van der Waals surface area contributed by atoms with Gasteiger partial charge in [0, 0.05) is 6.54 Å². The minimum absolute atomic E-state index is 0.0340. The van der Waals surface area contributed by atoms with Gasteiger partial charge in [-0.05, 0) is 24.6 Å². The van der Waals surface area contributed by atoms with Crippen molar-refractivity contribution < 1.29 is 13.6 Å². The summed E-state index contributed by atoms with van der Waals surface area (Å²) in [6.45, 7) is 2.55. The molecular formula is C15H15F2N3O. The van der Waals surface area contributed by atoms with Gasteiger partial charge < -0.3 is 10.6 Å². The predicted octanol–water partition coefficient (Wildman–Crippen LogP) is 3.43. The number of amides is 1. The van der Waals surface area contributed by atoms with Crippen molar-refractivity contribution >= 4 is 17.4 Å². The number of hydrogen-bond acceptors (Lipinski definition) is 3. The SMILES string of the molecule is CCCNc1ncc(F)cc1C(=O)Nc1ccccc1F. The van der Waals surface area contributed by atoms with E-state index in [9.17, 15) is 13.6 Å². The molecule has 1 amide bonds. The molecule has 21 heavy (non-hydrogen) atoms. The maximum absolute atomic E-state index is 13.5. The second-order valence-corrected chi connectivity index (χ2v) is 4.41. The zero-order valence-electron chi connectivity index (χ0n) is 11.5. The summed E-state index contributed by atoms with van der Waals surface area (Å²) in [6.07, 6.45) is 1.85. The van der Waals surface area contributed by atoms with E-state index < -0.39 is 17.5 Å². The van der Waals surface area contributed by atoms with E-state index in [0.29, 0.717) is 6.54 Å². The van der Waals surface area contributed by atoms with Crippen LogP contribution in [0.3, 0.4) is 0 Å². The van der Waals surface area contributed by atoms with Crippen LogP contribution in [-0.4, -0.2) is 17.4 Å². The molecule has 2 rings (SSSR count). The first-order valence-corrected chi connectivity index (χ1v) is 6.57. The summed E-state index contributed by atoms with van der Waals surface area (Å²) < 4.78 is 26.8. The third-order valence-electron chi connectivity index (χ3n) is 2.76. The molecule has 0 aliphatic rings. The van der Waals surface area contributed by atoms with Gasteiger partial charge in [-0.3, -0.25) is 4.79 Å². The van der Waals surface area contributed by atoms with Crippen LogP contribution in [0.25, 0.3) is 0 Å². The van der Waals surface area contributed by atoms with Crippen LogP contribution in [0.4, 0.5) is 20.3 Å². The lowest BCUT2D eigenvalue weighted by atomic mass is 10.2. The highest BCUT2D eigenvalue weighted by molar-refractivity contribution is 6.07. The number of pyridine rings is 1. The van der Waals surface area contributed by atoms with E-state index in [-0.39, 0.29) is 17.1 Å². The molecule has 1 heterocycles. The maximum atomic E-state index is 13.5. The van der Waals surface area contributed by atoms with Gasteiger partial charge in [-0.1, -0.05) is 19.1 Å². The zero-order chi connectivity index (χ0) is 15.2. The second kappa shape index (κ2) is 6.78. The molecule has 0 aliphatic heterocycles.